The van der Waals surface area contributed by atoms with Crippen LogP contribution in [0, 0.1) is 0 Å². The molecule has 2 nitrogen and oxygen atoms in total. The van der Waals surface area contributed by atoms with E-state index < -0.39 is 0 Å². The molecule has 1 aliphatic carbocycles. The number of anilines is 3. The van der Waals surface area contributed by atoms with Crippen molar-refractivity contribution in [3.05, 3.63) is 194 Å². The largest absolute Gasteiger partial charge is 0.456 e. The Labute approximate surface area is 323 Å². The summed E-state index contributed by atoms with van der Waals surface area (Å²) in [7, 11) is 0. The Bertz CT molecular complexity index is 3140. The van der Waals surface area contributed by atoms with E-state index >= 15 is 0 Å². The van der Waals surface area contributed by atoms with Gasteiger partial charge in [0.05, 0.1) is 0 Å². The molecule has 0 atom stereocenters. The van der Waals surface area contributed by atoms with E-state index in [1.54, 1.807) is 0 Å². The molecule has 0 saturated heterocycles. The van der Waals surface area contributed by atoms with Gasteiger partial charge in [0, 0.05) is 48.0 Å². The molecule has 3 heteroatoms. The van der Waals surface area contributed by atoms with Gasteiger partial charge in [-0.2, -0.15) is 0 Å². The number of nitrogens with zero attached hydrogens (tertiary/aromatic N) is 1. The molecule has 0 fully saturated rings. The van der Waals surface area contributed by atoms with Crippen LogP contribution in [0.15, 0.2) is 193 Å². The van der Waals surface area contributed by atoms with Crippen molar-refractivity contribution >= 4 is 86.9 Å². The molecule has 260 valence electrons. The fourth-order valence-electron chi connectivity index (χ4n) is 8.35. The third-order valence-corrected chi connectivity index (χ3v) is 12.2. The maximum Gasteiger partial charge on any atom is 0.136 e. The number of furan rings is 1. The Morgan fingerprint density at radius 2 is 1.16 bits per heavy atom. The predicted molar refractivity (Wildman–Crippen MR) is 236 cm³/mol. The minimum absolute atomic E-state index is 0.903. The first kappa shape index (κ1) is 31.8. The lowest BCUT2D eigenvalue weighted by molar-refractivity contribution is 0.669. The van der Waals surface area contributed by atoms with E-state index in [1.807, 2.05) is 23.5 Å². The lowest BCUT2D eigenvalue weighted by Gasteiger charge is -2.26. The summed E-state index contributed by atoms with van der Waals surface area (Å²) in [6.45, 7) is 0. The molecule has 0 unspecified atom stereocenters. The highest BCUT2D eigenvalue weighted by Crippen LogP contribution is 2.42. The zero-order valence-corrected chi connectivity index (χ0v) is 30.9. The lowest BCUT2D eigenvalue weighted by atomic mass is 9.98. The smallest absolute Gasteiger partial charge is 0.136 e. The van der Waals surface area contributed by atoms with Crippen LogP contribution < -0.4 is 4.90 Å². The van der Waals surface area contributed by atoms with Gasteiger partial charge >= 0.3 is 0 Å². The average molecular weight is 722 g/mol. The molecule has 10 aromatic rings. The van der Waals surface area contributed by atoms with Gasteiger partial charge in [-0.15, -0.1) is 11.3 Å². The van der Waals surface area contributed by atoms with Gasteiger partial charge < -0.3 is 9.32 Å². The molecule has 55 heavy (non-hydrogen) atoms. The van der Waals surface area contributed by atoms with Crippen molar-refractivity contribution in [2.24, 2.45) is 0 Å². The minimum atomic E-state index is 0.903. The summed E-state index contributed by atoms with van der Waals surface area (Å²) in [6, 6.07) is 61.9. The summed E-state index contributed by atoms with van der Waals surface area (Å²) in [4.78, 5) is 2.37. The summed E-state index contributed by atoms with van der Waals surface area (Å²) >= 11 is 1.88. The van der Waals surface area contributed by atoms with E-state index in [0.717, 1.165) is 63.0 Å². The zero-order valence-electron chi connectivity index (χ0n) is 30.1. The third kappa shape index (κ3) is 5.55. The topological polar surface area (TPSA) is 16.4 Å². The van der Waals surface area contributed by atoms with Crippen LogP contribution in [0.2, 0.25) is 0 Å². The van der Waals surface area contributed by atoms with Gasteiger partial charge in [0.25, 0.3) is 0 Å². The number of allylic oxidation sites excluding steroid dienone is 4. The fourth-order valence-corrected chi connectivity index (χ4v) is 9.53. The summed E-state index contributed by atoms with van der Waals surface area (Å²) in [5.41, 5.74) is 12.4. The highest BCUT2D eigenvalue weighted by Gasteiger charge is 2.17. The van der Waals surface area contributed by atoms with E-state index in [1.165, 1.54) is 53.2 Å². The van der Waals surface area contributed by atoms with Crippen molar-refractivity contribution in [2.75, 3.05) is 4.90 Å². The molecule has 8 aromatic carbocycles. The quantitative estimate of drug-likeness (QED) is 0.170. The van der Waals surface area contributed by atoms with Crippen molar-refractivity contribution < 1.29 is 4.42 Å². The van der Waals surface area contributed by atoms with Crippen molar-refractivity contribution in [3.63, 3.8) is 0 Å². The zero-order chi connectivity index (χ0) is 36.3. The first-order valence-corrected chi connectivity index (χ1v) is 19.8. The molecule has 2 aromatic heterocycles. The standard InChI is InChI=1S/C52H35NOS/c1-2-10-34(11-3-1)35-20-25-41(26-21-35)53(43-15-8-14-40(30-43)44-17-9-19-49-52(44)46-16-6-7-18-48(46)54-49)42-27-22-36(23-28-42)39-24-29-45-47-31-37-12-4-5-13-38(37)32-51(47)55-50(45)33-39/h2,4-33H,1,3H2. The fraction of sp³-hybridized carbons (Fsp3) is 0.0385. The molecule has 0 bridgehead atoms. The van der Waals surface area contributed by atoms with Gasteiger partial charge in [0.1, 0.15) is 11.2 Å². The van der Waals surface area contributed by atoms with Crippen molar-refractivity contribution in [1.29, 1.82) is 0 Å². The number of thiophene rings is 1. The van der Waals surface area contributed by atoms with Crippen LogP contribution in [-0.2, 0) is 0 Å². The molecule has 0 amide bonds. The highest BCUT2D eigenvalue weighted by molar-refractivity contribution is 7.25. The molecule has 0 aliphatic heterocycles. The molecule has 0 N–H and O–H groups in total. The predicted octanol–water partition coefficient (Wildman–Crippen LogP) is 15.6. The van der Waals surface area contributed by atoms with Crippen LogP contribution in [0.4, 0.5) is 17.1 Å². The van der Waals surface area contributed by atoms with Gasteiger partial charge in [-0.1, -0.05) is 121 Å². The second-order valence-electron chi connectivity index (χ2n) is 14.4. The first-order valence-electron chi connectivity index (χ1n) is 19.0. The van der Waals surface area contributed by atoms with Gasteiger partial charge in [0.15, 0.2) is 0 Å². The Balaban J connectivity index is 1.00. The summed E-state index contributed by atoms with van der Waals surface area (Å²) < 4.78 is 8.92. The normalized spacial score (nSPS) is 13.0. The van der Waals surface area contributed by atoms with Gasteiger partial charge in [-0.05, 0) is 124 Å². The molecule has 1 aliphatic rings. The van der Waals surface area contributed by atoms with Crippen molar-refractivity contribution in [1.82, 2.24) is 0 Å². The SMILES string of the molecule is C1=CC(c2ccc(N(c3ccc(-c4ccc5c(c4)sc4cc6ccccc6cc45)cc3)c3cccc(-c4cccc5oc6ccccc6c45)c3)cc2)=CCC1. The number of hydrogen-bond donors (Lipinski definition) is 0. The van der Waals surface area contributed by atoms with Crippen LogP contribution >= 0.6 is 11.3 Å². The van der Waals surface area contributed by atoms with Crippen LogP contribution in [0.3, 0.4) is 0 Å². The second-order valence-corrected chi connectivity index (χ2v) is 15.5. The lowest BCUT2D eigenvalue weighted by Crippen LogP contribution is -2.10. The van der Waals surface area contributed by atoms with E-state index in [-0.39, 0.29) is 0 Å². The maximum absolute atomic E-state index is 6.28. The van der Waals surface area contributed by atoms with Crippen molar-refractivity contribution in [2.45, 2.75) is 12.8 Å². The Kier molecular flexibility index (Phi) is 7.53. The number of benzene rings is 8. The second kappa shape index (κ2) is 13.0. The Hall–Kier alpha value is -6.68. The third-order valence-electron chi connectivity index (χ3n) is 11.1. The molecule has 0 radical (unpaired) electrons. The van der Waals surface area contributed by atoms with E-state index in [9.17, 15) is 0 Å². The molecule has 0 saturated carbocycles. The maximum atomic E-state index is 6.28. The van der Waals surface area contributed by atoms with Crippen molar-refractivity contribution in [3.8, 4) is 22.3 Å². The molecular formula is C52H35NOS. The summed E-state index contributed by atoms with van der Waals surface area (Å²) in [5.74, 6) is 0. The van der Waals surface area contributed by atoms with E-state index in [2.05, 4.69) is 181 Å². The van der Waals surface area contributed by atoms with Crippen LogP contribution in [-0.4, -0.2) is 0 Å². The molecule has 11 rings (SSSR count). The Morgan fingerprint density at radius 3 is 1.98 bits per heavy atom. The molecule has 0 spiro atoms. The number of fused-ring (bicyclic) bond motifs is 7. The van der Waals surface area contributed by atoms with Crippen LogP contribution in [0.25, 0.3) is 80.7 Å². The minimum Gasteiger partial charge on any atom is -0.456 e. The van der Waals surface area contributed by atoms with Gasteiger partial charge in [-0.25, -0.2) is 0 Å². The Morgan fingerprint density at radius 1 is 0.455 bits per heavy atom. The van der Waals surface area contributed by atoms with Crippen LogP contribution in [0.5, 0.6) is 0 Å². The number of rotatable bonds is 6. The number of para-hydroxylation sites is 1. The van der Waals surface area contributed by atoms with Crippen LogP contribution in [0.1, 0.15) is 18.4 Å². The van der Waals surface area contributed by atoms with Gasteiger partial charge in [-0.3, -0.25) is 0 Å². The van der Waals surface area contributed by atoms with E-state index in [0.29, 0.717) is 0 Å². The molecule has 2 heterocycles. The highest BCUT2D eigenvalue weighted by atomic mass is 32.1. The average Bonchev–Trinajstić information content (AvgIpc) is 3.81. The first-order chi connectivity index (χ1) is 27.2. The summed E-state index contributed by atoms with van der Waals surface area (Å²) in [5, 5.41) is 7.51. The van der Waals surface area contributed by atoms with Gasteiger partial charge in [0.2, 0.25) is 0 Å². The monoisotopic (exact) mass is 721 g/mol. The summed E-state index contributed by atoms with van der Waals surface area (Å²) in [6.07, 6.45) is 9.06. The van der Waals surface area contributed by atoms with E-state index in [4.69, 9.17) is 4.42 Å². The molecular weight excluding hydrogens is 687 g/mol. The number of hydrogen-bond acceptors (Lipinski definition) is 3.